The molecule has 0 saturated heterocycles. The average Bonchev–Trinajstić information content (AvgIpc) is 2.69. The third-order valence-corrected chi connectivity index (χ3v) is 4.93. The van der Waals surface area contributed by atoms with E-state index in [1.807, 2.05) is 0 Å². The number of hydrogen-bond acceptors (Lipinski definition) is 6. The van der Waals surface area contributed by atoms with Gasteiger partial charge in [0.15, 0.2) is 5.96 Å². The first-order valence-electron chi connectivity index (χ1n) is 11.0. The molecule has 0 aliphatic rings. The Hall–Kier alpha value is -3.50. The summed E-state index contributed by atoms with van der Waals surface area (Å²) in [6.45, 7) is 9.00. The van der Waals surface area contributed by atoms with Gasteiger partial charge in [-0.05, 0) is 76.3 Å². The van der Waals surface area contributed by atoms with Gasteiger partial charge in [-0.3, -0.25) is 9.79 Å². The summed E-state index contributed by atoms with van der Waals surface area (Å²) in [6.07, 6.45) is -0.118. The van der Waals surface area contributed by atoms with E-state index in [1.54, 1.807) is 34.6 Å². The Labute approximate surface area is 200 Å². The predicted octanol–water partition coefficient (Wildman–Crippen LogP) is 1.33. The quantitative estimate of drug-likeness (QED) is 0.165. The van der Waals surface area contributed by atoms with Gasteiger partial charge in [-0.1, -0.05) is 0 Å². The summed E-state index contributed by atoms with van der Waals surface area (Å²) in [6, 6.07) is 0.807. The largest absolute Gasteiger partial charge is 0.508 e. The minimum atomic E-state index is -1.24. The van der Waals surface area contributed by atoms with Gasteiger partial charge in [-0.2, -0.15) is 0 Å². The van der Waals surface area contributed by atoms with Crippen LogP contribution < -0.4 is 21.7 Å². The van der Waals surface area contributed by atoms with Crippen molar-refractivity contribution >= 4 is 23.9 Å². The third kappa shape index (κ3) is 9.97. The van der Waals surface area contributed by atoms with Crippen molar-refractivity contribution in [1.29, 1.82) is 0 Å². The van der Waals surface area contributed by atoms with E-state index in [9.17, 15) is 24.6 Å². The van der Waals surface area contributed by atoms with Crippen LogP contribution in [0.2, 0.25) is 0 Å². The molecule has 0 aliphatic carbocycles. The molecule has 0 unspecified atom stereocenters. The van der Waals surface area contributed by atoms with Crippen molar-refractivity contribution in [3.05, 3.63) is 28.8 Å². The number of aromatic hydroxyl groups is 1. The van der Waals surface area contributed by atoms with Crippen LogP contribution in [0.5, 0.6) is 5.75 Å². The van der Waals surface area contributed by atoms with Gasteiger partial charge in [0.05, 0.1) is 0 Å². The maximum Gasteiger partial charge on any atom is 0.408 e. The van der Waals surface area contributed by atoms with Gasteiger partial charge in [0.25, 0.3) is 0 Å². The van der Waals surface area contributed by atoms with Crippen molar-refractivity contribution in [3.63, 3.8) is 0 Å². The van der Waals surface area contributed by atoms with Gasteiger partial charge in [-0.15, -0.1) is 0 Å². The number of aliphatic carboxylic acids is 1. The maximum absolute atomic E-state index is 13.0. The molecule has 1 aromatic carbocycles. The normalized spacial score (nSPS) is 13.5. The second-order valence-corrected chi connectivity index (χ2v) is 9.04. The fourth-order valence-electron chi connectivity index (χ4n) is 3.29. The standard InChI is InChI=1S/C23H37N5O6/c1-13-10-15(29)11-14(2)16(13)12-18(20(31)32)27-19(30)17(8-7-9-26-21(24)25-6)28-22(33)34-23(3,4)5/h10-11,17-18,29H,7-9,12H2,1-6H3,(H,27,30)(H,28,33)(H,31,32)(H3,24,25,26)/t17-,18+/m1/s1. The molecule has 0 spiro atoms. The maximum atomic E-state index is 13.0. The highest BCUT2D eigenvalue weighted by atomic mass is 16.6. The molecule has 190 valence electrons. The van der Waals surface area contributed by atoms with Crippen LogP contribution >= 0.6 is 0 Å². The summed E-state index contributed by atoms with van der Waals surface area (Å²) in [4.78, 5) is 41.0. The average molecular weight is 480 g/mol. The monoisotopic (exact) mass is 479 g/mol. The number of carboxylic acids is 1. The minimum Gasteiger partial charge on any atom is -0.508 e. The molecule has 0 fully saturated rings. The SMILES string of the molecule is CN=C(N)NCCC[C@@H](NC(=O)OC(C)(C)C)C(=O)N[C@@H](Cc1c(C)cc(O)cc1C)C(=O)O. The molecule has 34 heavy (non-hydrogen) atoms. The molecule has 0 aromatic heterocycles. The lowest BCUT2D eigenvalue weighted by Gasteiger charge is -2.25. The van der Waals surface area contributed by atoms with E-state index in [0.29, 0.717) is 29.7 Å². The molecule has 0 bridgehead atoms. The number of guanidine groups is 1. The van der Waals surface area contributed by atoms with Crippen LogP contribution in [0.25, 0.3) is 0 Å². The van der Waals surface area contributed by atoms with Gasteiger partial charge < -0.3 is 36.6 Å². The summed E-state index contributed by atoms with van der Waals surface area (Å²) >= 11 is 0. The number of alkyl carbamates (subject to hydrolysis) is 1. The van der Waals surface area contributed by atoms with Crippen molar-refractivity contribution in [1.82, 2.24) is 16.0 Å². The van der Waals surface area contributed by atoms with Crippen LogP contribution in [0.1, 0.15) is 50.3 Å². The van der Waals surface area contributed by atoms with Crippen LogP contribution in [-0.2, 0) is 20.7 Å². The van der Waals surface area contributed by atoms with E-state index in [1.165, 1.54) is 19.2 Å². The van der Waals surface area contributed by atoms with E-state index in [0.717, 1.165) is 0 Å². The number of nitrogens with one attached hydrogen (secondary N) is 3. The first-order valence-corrected chi connectivity index (χ1v) is 11.0. The molecule has 2 amide bonds. The zero-order valence-corrected chi connectivity index (χ0v) is 20.7. The number of benzene rings is 1. The number of rotatable bonds is 10. The lowest BCUT2D eigenvalue weighted by molar-refractivity contribution is -0.142. The van der Waals surface area contributed by atoms with E-state index in [-0.39, 0.29) is 24.6 Å². The number of hydrogen-bond donors (Lipinski definition) is 6. The van der Waals surface area contributed by atoms with E-state index >= 15 is 0 Å². The smallest absolute Gasteiger partial charge is 0.408 e. The van der Waals surface area contributed by atoms with Crippen LogP contribution in [0.3, 0.4) is 0 Å². The number of nitrogens with two attached hydrogens (primary N) is 1. The van der Waals surface area contributed by atoms with E-state index in [2.05, 4.69) is 20.9 Å². The van der Waals surface area contributed by atoms with Gasteiger partial charge in [0, 0.05) is 20.0 Å². The summed E-state index contributed by atoms with van der Waals surface area (Å²) in [5.74, 6) is -1.54. The number of phenolic OH excluding ortho intramolecular Hbond substituents is 1. The number of aliphatic imine (C=N–C) groups is 1. The fourth-order valence-corrected chi connectivity index (χ4v) is 3.29. The number of ether oxygens (including phenoxy) is 1. The van der Waals surface area contributed by atoms with Crippen LogP contribution in [0.4, 0.5) is 4.79 Å². The summed E-state index contributed by atoms with van der Waals surface area (Å²) in [7, 11) is 1.53. The van der Waals surface area contributed by atoms with Crippen molar-refractivity contribution in [2.45, 2.75) is 71.6 Å². The topological polar surface area (TPSA) is 175 Å². The second kappa shape index (κ2) is 12.7. The number of carbonyl (C=O) groups excluding carboxylic acids is 2. The van der Waals surface area contributed by atoms with Gasteiger partial charge >= 0.3 is 12.1 Å². The number of phenols is 1. The zero-order valence-electron chi connectivity index (χ0n) is 20.7. The van der Waals surface area contributed by atoms with Crippen LogP contribution in [0, 0.1) is 13.8 Å². The summed E-state index contributed by atoms with van der Waals surface area (Å²) in [5, 5.41) is 27.4. The van der Waals surface area contributed by atoms with Gasteiger partial charge in [0.1, 0.15) is 23.4 Å². The zero-order chi connectivity index (χ0) is 26.1. The molecule has 7 N–H and O–H groups in total. The highest BCUT2D eigenvalue weighted by Gasteiger charge is 2.29. The molecule has 0 aliphatic heterocycles. The Morgan fingerprint density at radius 3 is 2.21 bits per heavy atom. The summed E-state index contributed by atoms with van der Waals surface area (Å²) < 4.78 is 5.25. The highest BCUT2D eigenvalue weighted by molar-refractivity contribution is 5.89. The molecule has 0 saturated carbocycles. The molecular weight excluding hydrogens is 442 g/mol. The van der Waals surface area contributed by atoms with Crippen molar-refractivity contribution < 1.29 is 29.3 Å². The Kier molecular flexibility index (Phi) is 10.6. The third-order valence-electron chi connectivity index (χ3n) is 4.93. The molecule has 1 aromatic rings. The number of amides is 2. The summed E-state index contributed by atoms with van der Waals surface area (Å²) in [5.41, 5.74) is 6.96. The highest BCUT2D eigenvalue weighted by Crippen LogP contribution is 2.22. The minimum absolute atomic E-state index is 0.0171. The molecule has 11 heteroatoms. The van der Waals surface area contributed by atoms with Crippen molar-refractivity contribution in [3.8, 4) is 5.75 Å². The fraction of sp³-hybridized carbons (Fsp3) is 0.565. The first-order chi connectivity index (χ1) is 15.7. The molecule has 0 radical (unpaired) electrons. The lowest BCUT2D eigenvalue weighted by Crippen LogP contribution is -2.53. The second-order valence-electron chi connectivity index (χ2n) is 9.04. The molecule has 1 rings (SSSR count). The van der Waals surface area contributed by atoms with E-state index in [4.69, 9.17) is 10.5 Å². The number of carboxylic acid groups (broad SMARTS) is 1. The number of nitrogens with zero attached hydrogens (tertiary/aromatic N) is 1. The number of aryl methyl sites for hydroxylation is 2. The van der Waals surface area contributed by atoms with Crippen molar-refractivity contribution in [2.75, 3.05) is 13.6 Å². The van der Waals surface area contributed by atoms with E-state index < -0.39 is 35.7 Å². The first kappa shape index (κ1) is 28.5. The number of carbonyl (C=O) groups is 3. The van der Waals surface area contributed by atoms with Crippen LogP contribution in [-0.4, -0.2) is 65.4 Å². The predicted molar refractivity (Wildman–Crippen MR) is 129 cm³/mol. The Balaban J connectivity index is 2.98. The Morgan fingerprint density at radius 1 is 1.12 bits per heavy atom. The van der Waals surface area contributed by atoms with Crippen molar-refractivity contribution in [2.24, 2.45) is 10.7 Å². The molecular formula is C23H37N5O6. The van der Waals surface area contributed by atoms with Crippen LogP contribution in [0.15, 0.2) is 17.1 Å². The molecule has 2 atom stereocenters. The molecule has 11 nitrogen and oxygen atoms in total. The van der Waals surface area contributed by atoms with Gasteiger partial charge in [-0.25, -0.2) is 9.59 Å². The Morgan fingerprint density at radius 2 is 1.71 bits per heavy atom. The lowest BCUT2D eigenvalue weighted by atomic mass is 9.95. The Bertz CT molecular complexity index is 887. The molecule has 0 heterocycles. The van der Waals surface area contributed by atoms with Gasteiger partial charge in [0.2, 0.25) is 5.91 Å².